The zero-order chi connectivity index (χ0) is 33.0. The van der Waals surface area contributed by atoms with Crippen LogP contribution in [-0.2, 0) is 16.0 Å². The van der Waals surface area contributed by atoms with E-state index in [1.807, 2.05) is 31.3 Å². The molecule has 1 aliphatic carbocycles. The second-order valence-corrected chi connectivity index (χ2v) is 13.6. The smallest absolute Gasteiger partial charge is 0.256 e. The average molecular weight is 679 g/mol. The van der Waals surface area contributed by atoms with Crippen LogP contribution in [0.4, 0.5) is 11.6 Å². The lowest BCUT2D eigenvalue weighted by Crippen LogP contribution is -2.51. The lowest BCUT2D eigenvalue weighted by Gasteiger charge is -2.42. The lowest BCUT2D eigenvalue weighted by atomic mass is 9.89. The summed E-state index contributed by atoms with van der Waals surface area (Å²) >= 11 is 6.46. The fraction of sp³-hybridized carbons (Fsp3) is 0.576. The van der Waals surface area contributed by atoms with E-state index in [0.717, 1.165) is 55.6 Å². The lowest BCUT2D eigenvalue weighted by molar-refractivity contribution is -0.0852. The molecule has 0 spiro atoms. The first kappa shape index (κ1) is 32.7. The molecule has 1 saturated carbocycles. The molecular weight excluding hydrogens is 636 g/mol. The second kappa shape index (κ2) is 14.7. The number of hydrogen-bond acceptors (Lipinski definition) is 12. The van der Waals surface area contributed by atoms with Gasteiger partial charge in [-0.1, -0.05) is 17.7 Å². The van der Waals surface area contributed by atoms with E-state index in [-0.39, 0.29) is 18.3 Å². The molecule has 3 aromatic heterocycles. The van der Waals surface area contributed by atoms with Gasteiger partial charge in [0.15, 0.2) is 0 Å². The minimum absolute atomic E-state index is 0.203. The van der Waals surface area contributed by atoms with E-state index in [0.29, 0.717) is 67.0 Å². The van der Waals surface area contributed by atoms with Crippen LogP contribution in [0.5, 0.6) is 11.6 Å². The summed E-state index contributed by atoms with van der Waals surface area (Å²) < 4.78 is 27.3. The molecule has 4 aromatic rings. The Balaban J connectivity index is 1.01. The monoisotopic (exact) mass is 678 g/mol. The number of anilines is 2. The van der Waals surface area contributed by atoms with Gasteiger partial charge in [0, 0.05) is 43.0 Å². The third-order valence-corrected chi connectivity index (χ3v) is 9.50. The van der Waals surface area contributed by atoms with E-state index in [1.54, 1.807) is 23.4 Å². The number of morpholine rings is 1. The van der Waals surface area contributed by atoms with Crippen LogP contribution in [0.25, 0.3) is 11.1 Å². The van der Waals surface area contributed by atoms with Crippen molar-refractivity contribution in [3.05, 3.63) is 48.1 Å². The number of nitrogens with zero attached hydrogens (tertiary/aromatic N) is 9. The minimum atomic E-state index is -0.203. The third kappa shape index (κ3) is 7.88. The van der Waals surface area contributed by atoms with Gasteiger partial charge in [-0.3, -0.25) is 9.58 Å². The van der Waals surface area contributed by atoms with Crippen LogP contribution in [-0.4, -0.2) is 102 Å². The molecule has 48 heavy (non-hydrogen) atoms. The van der Waals surface area contributed by atoms with Crippen LogP contribution in [0.3, 0.4) is 0 Å². The van der Waals surface area contributed by atoms with Gasteiger partial charge in [-0.05, 0) is 74.6 Å². The molecule has 14 nitrogen and oxygen atoms in total. The molecule has 0 radical (unpaired) electrons. The van der Waals surface area contributed by atoms with E-state index in [2.05, 4.69) is 54.2 Å². The van der Waals surface area contributed by atoms with Crippen LogP contribution in [0, 0.1) is 5.92 Å². The number of halogens is 1. The fourth-order valence-electron chi connectivity index (χ4n) is 6.75. The van der Waals surface area contributed by atoms with Crippen molar-refractivity contribution in [1.29, 1.82) is 0 Å². The molecule has 2 aliphatic heterocycles. The molecule has 1 N–H and O–H groups in total. The number of tetrazole rings is 1. The molecule has 15 heteroatoms. The van der Waals surface area contributed by atoms with Gasteiger partial charge in [0.25, 0.3) is 5.88 Å². The van der Waals surface area contributed by atoms with Gasteiger partial charge in [-0.25, -0.2) is 14.6 Å². The van der Waals surface area contributed by atoms with E-state index in [9.17, 15) is 0 Å². The van der Waals surface area contributed by atoms with Gasteiger partial charge < -0.3 is 24.3 Å². The number of hydrogen-bond donors (Lipinski definition) is 1. The van der Waals surface area contributed by atoms with Gasteiger partial charge >= 0.3 is 0 Å². The van der Waals surface area contributed by atoms with Crippen LogP contribution in [0.1, 0.15) is 52.5 Å². The maximum absolute atomic E-state index is 6.46. The minimum Gasteiger partial charge on any atom is -0.487 e. The Morgan fingerprint density at radius 2 is 1.77 bits per heavy atom. The SMILES string of the molecule is C[C@@H]1CN(C2CCC(n3cc(Nc4ncc(-c5ccc(Cl)c(O[C@@H](C)Cn6cnnn6)c5)cn4)c(OCC4COC4)n3)CC2)C[C@H](C)O1. The van der Waals surface area contributed by atoms with Crippen molar-refractivity contribution in [2.75, 3.05) is 38.2 Å². The summed E-state index contributed by atoms with van der Waals surface area (Å²) in [6.07, 6.45) is 11.9. The quantitative estimate of drug-likeness (QED) is 0.220. The number of aromatic nitrogens is 8. The summed E-state index contributed by atoms with van der Waals surface area (Å²) in [5, 5.41) is 20.0. The normalized spacial score (nSPS) is 24.2. The Hall–Kier alpha value is -3.85. The standard InChI is InChI=1S/C33H43ClN10O4/c1-21-13-42(14-22(2)47-21)27-5-7-28(8-6-27)44-16-30(32(39-44)46-19-24-17-45-18-24)38-33-35-11-26(12-36-33)25-4-9-29(34)31(10-25)48-23(3)15-43-20-37-40-41-43/h4,9-12,16,20-24,27-28H,5-8,13-15,17-19H2,1-3H3,(H,35,36,38)/t21-,22+,23-,27?,28?/m0/s1. The summed E-state index contributed by atoms with van der Waals surface area (Å²) in [5.41, 5.74) is 2.46. The van der Waals surface area contributed by atoms with Crippen LogP contribution in [0.15, 0.2) is 43.1 Å². The van der Waals surface area contributed by atoms with E-state index in [1.165, 1.54) is 0 Å². The second-order valence-electron chi connectivity index (χ2n) is 13.2. The maximum Gasteiger partial charge on any atom is 0.256 e. The first-order valence-corrected chi connectivity index (χ1v) is 17.2. The molecule has 7 rings (SSSR count). The number of rotatable bonds is 12. The molecule has 0 unspecified atom stereocenters. The predicted molar refractivity (Wildman–Crippen MR) is 179 cm³/mol. The molecule has 1 aromatic carbocycles. The number of nitrogens with one attached hydrogen (secondary N) is 1. The Labute approximate surface area is 285 Å². The Kier molecular flexibility index (Phi) is 10.0. The van der Waals surface area contributed by atoms with Crippen molar-refractivity contribution in [2.45, 2.75) is 83.4 Å². The topological polar surface area (TPSA) is 139 Å². The summed E-state index contributed by atoms with van der Waals surface area (Å²) in [4.78, 5) is 11.9. The molecule has 0 amide bonds. The molecular formula is C33H43ClN10O4. The van der Waals surface area contributed by atoms with Gasteiger partial charge in [0.2, 0.25) is 5.95 Å². The van der Waals surface area contributed by atoms with Crippen molar-refractivity contribution >= 4 is 23.2 Å². The molecule has 3 atom stereocenters. The number of benzene rings is 1. The van der Waals surface area contributed by atoms with E-state index in [4.69, 9.17) is 35.6 Å². The summed E-state index contributed by atoms with van der Waals surface area (Å²) in [5.74, 6) is 1.95. The molecule has 2 saturated heterocycles. The van der Waals surface area contributed by atoms with Crippen molar-refractivity contribution in [1.82, 2.24) is 44.9 Å². The Morgan fingerprint density at radius 1 is 1.02 bits per heavy atom. The van der Waals surface area contributed by atoms with Crippen molar-refractivity contribution in [3.63, 3.8) is 0 Å². The maximum atomic E-state index is 6.46. The van der Waals surface area contributed by atoms with E-state index < -0.39 is 0 Å². The molecule has 0 bridgehead atoms. The summed E-state index contributed by atoms with van der Waals surface area (Å²) in [6.45, 7) is 10.8. The Bertz CT molecular complexity index is 1620. The molecule has 3 fully saturated rings. The van der Waals surface area contributed by atoms with Crippen molar-refractivity contribution < 1.29 is 18.9 Å². The largest absolute Gasteiger partial charge is 0.487 e. The first-order chi connectivity index (χ1) is 23.4. The molecule has 3 aliphatic rings. The van der Waals surface area contributed by atoms with Crippen molar-refractivity contribution in [2.24, 2.45) is 5.92 Å². The van der Waals surface area contributed by atoms with Gasteiger partial charge in [0.1, 0.15) is 23.9 Å². The average Bonchev–Trinajstić information content (AvgIpc) is 3.71. The highest BCUT2D eigenvalue weighted by atomic mass is 35.5. The van der Waals surface area contributed by atoms with Gasteiger partial charge in [-0.2, -0.15) is 0 Å². The fourth-order valence-corrected chi connectivity index (χ4v) is 6.91. The van der Waals surface area contributed by atoms with Crippen molar-refractivity contribution in [3.8, 4) is 22.8 Å². The van der Waals surface area contributed by atoms with Crippen LogP contribution in [0.2, 0.25) is 5.02 Å². The van der Waals surface area contributed by atoms with Gasteiger partial charge in [-0.15, -0.1) is 10.2 Å². The highest BCUT2D eigenvalue weighted by Crippen LogP contribution is 2.36. The van der Waals surface area contributed by atoms with Crippen LogP contribution < -0.4 is 14.8 Å². The summed E-state index contributed by atoms with van der Waals surface area (Å²) in [7, 11) is 0. The highest BCUT2D eigenvalue weighted by Gasteiger charge is 2.32. The first-order valence-electron chi connectivity index (χ1n) is 16.8. The third-order valence-electron chi connectivity index (χ3n) is 9.19. The Morgan fingerprint density at radius 3 is 2.46 bits per heavy atom. The zero-order valence-electron chi connectivity index (χ0n) is 27.6. The highest BCUT2D eigenvalue weighted by molar-refractivity contribution is 6.32. The summed E-state index contributed by atoms with van der Waals surface area (Å²) in [6, 6.07) is 6.51. The molecule has 5 heterocycles. The number of ether oxygens (including phenoxy) is 4. The van der Waals surface area contributed by atoms with Crippen LogP contribution >= 0.6 is 11.6 Å². The molecule has 256 valence electrons. The van der Waals surface area contributed by atoms with E-state index >= 15 is 0 Å². The zero-order valence-corrected chi connectivity index (χ0v) is 28.4. The predicted octanol–water partition coefficient (Wildman–Crippen LogP) is 4.81. The van der Waals surface area contributed by atoms with Gasteiger partial charge in [0.05, 0.1) is 55.8 Å².